The third-order valence-corrected chi connectivity index (χ3v) is 5.67. The van der Waals surface area contributed by atoms with Crippen molar-refractivity contribution in [2.24, 2.45) is 5.73 Å². The highest BCUT2D eigenvalue weighted by atomic mass is 35.5. The molecule has 9 heteroatoms. The van der Waals surface area contributed by atoms with Crippen LogP contribution in [0.1, 0.15) is 29.2 Å². The molecule has 1 saturated heterocycles. The van der Waals surface area contributed by atoms with Gasteiger partial charge in [0.2, 0.25) is 10.0 Å². The number of nitrogens with two attached hydrogens (primary N) is 1. The summed E-state index contributed by atoms with van der Waals surface area (Å²) in [5.74, 6) is -0.0323. The number of carbonyl (C=O) groups excluding carboxylic acids is 1. The third kappa shape index (κ3) is 3.29. The molecule has 0 spiro atoms. The number of likely N-dealkylation sites (tertiary alicyclic amines) is 1. The highest BCUT2D eigenvalue weighted by Gasteiger charge is 2.32. The molecule has 1 amide bonds. The molecule has 126 valence electrons. The van der Waals surface area contributed by atoms with Gasteiger partial charge in [-0.05, 0) is 19.8 Å². The largest absolute Gasteiger partial charge is 0.455 e. The van der Waals surface area contributed by atoms with E-state index in [2.05, 4.69) is 0 Å². The number of halogens is 1. The van der Waals surface area contributed by atoms with Gasteiger partial charge in [-0.15, -0.1) is 12.4 Å². The zero-order valence-corrected chi connectivity index (χ0v) is 14.5. The van der Waals surface area contributed by atoms with Crippen molar-refractivity contribution in [1.82, 2.24) is 9.21 Å². The molecule has 2 heterocycles. The number of carbonyl (C=O) groups is 1. The van der Waals surface area contributed by atoms with E-state index in [0.29, 0.717) is 13.1 Å². The Bertz CT molecular complexity index is 642. The van der Waals surface area contributed by atoms with Crippen LogP contribution in [-0.4, -0.2) is 56.8 Å². The van der Waals surface area contributed by atoms with Crippen molar-refractivity contribution in [2.45, 2.75) is 30.7 Å². The van der Waals surface area contributed by atoms with Crippen molar-refractivity contribution in [2.75, 3.05) is 27.2 Å². The van der Waals surface area contributed by atoms with E-state index < -0.39 is 10.0 Å². The van der Waals surface area contributed by atoms with Crippen LogP contribution in [0.3, 0.4) is 0 Å². The summed E-state index contributed by atoms with van der Waals surface area (Å²) >= 11 is 0. The number of amides is 1. The highest BCUT2D eigenvalue weighted by molar-refractivity contribution is 7.89. The summed E-state index contributed by atoms with van der Waals surface area (Å²) in [7, 11) is -0.741. The number of hydrogen-bond acceptors (Lipinski definition) is 5. The second kappa shape index (κ2) is 6.99. The van der Waals surface area contributed by atoms with Crippen LogP contribution in [0.5, 0.6) is 0 Å². The van der Waals surface area contributed by atoms with Gasteiger partial charge in [0.25, 0.3) is 5.91 Å². The highest BCUT2D eigenvalue weighted by Crippen LogP contribution is 2.25. The number of hydrogen-bond donors (Lipinski definition) is 1. The topological polar surface area (TPSA) is 96.8 Å². The lowest BCUT2D eigenvalue weighted by molar-refractivity contribution is 0.0707. The molecule has 22 heavy (non-hydrogen) atoms. The number of rotatable bonds is 4. The van der Waals surface area contributed by atoms with Crippen molar-refractivity contribution < 1.29 is 17.6 Å². The lowest BCUT2D eigenvalue weighted by Crippen LogP contribution is -2.39. The molecule has 1 aliphatic rings. The smallest absolute Gasteiger partial charge is 0.289 e. The third-order valence-electron chi connectivity index (χ3n) is 3.75. The molecule has 0 aromatic carbocycles. The van der Waals surface area contributed by atoms with Crippen LogP contribution >= 0.6 is 12.4 Å². The molecule has 0 radical (unpaired) electrons. The summed E-state index contributed by atoms with van der Waals surface area (Å²) in [6.45, 7) is 2.56. The maximum atomic E-state index is 12.4. The van der Waals surface area contributed by atoms with Crippen LogP contribution in [0, 0.1) is 6.92 Å². The van der Waals surface area contributed by atoms with Crippen molar-refractivity contribution >= 4 is 28.3 Å². The molecule has 1 aromatic rings. The Balaban J connectivity index is 0.00000242. The zero-order chi connectivity index (χ0) is 15.8. The van der Waals surface area contributed by atoms with Crippen LogP contribution in [-0.2, 0) is 10.0 Å². The van der Waals surface area contributed by atoms with Crippen LogP contribution < -0.4 is 5.73 Å². The molecule has 0 bridgehead atoms. The van der Waals surface area contributed by atoms with Gasteiger partial charge in [0, 0.05) is 39.3 Å². The molecule has 2 rings (SSSR count). The summed E-state index contributed by atoms with van der Waals surface area (Å²) in [5.41, 5.74) is 5.66. The standard InChI is InChI=1S/C13H21N3O4S.ClH/c1-9-12(21(18,19)15(2)3)7-11(20-9)13(17)16-6-4-5-10(16)8-14;/h7,10H,4-6,8,14H2,1-3H3;1H. The number of nitrogens with zero attached hydrogens (tertiary/aromatic N) is 2. The van der Waals surface area contributed by atoms with Gasteiger partial charge in [-0.3, -0.25) is 4.79 Å². The minimum atomic E-state index is -3.62. The van der Waals surface area contributed by atoms with Gasteiger partial charge in [-0.1, -0.05) is 0 Å². The summed E-state index contributed by atoms with van der Waals surface area (Å²) in [6, 6.07) is 1.30. The van der Waals surface area contributed by atoms with Crippen molar-refractivity contribution in [1.29, 1.82) is 0 Å². The fourth-order valence-electron chi connectivity index (χ4n) is 2.51. The maximum absolute atomic E-state index is 12.4. The van der Waals surface area contributed by atoms with Crippen molar-refractivity contribution in [3.05, 3.63) is 17.6 Å². The second-order valence-corrected chi connectivity index (χ2v) is 7.47. The Labute approximate surface area is 136 Å². The molecule has 1 aromatic heterocycles. The summed E-state index contributed by atoms with van der Waals surface area (Å²) in [5, 5.41) is 0. The number of aryl methyl sites for hydroxylation is 1. The summed E-state index contributed by atoms with van der Waals surface area (Å²) in [6.07, 6.45) is 1.76. The molecule has 2 N–H and O–H groups in total. The van der Waals surface area contributed by atoms with Crippen LogP contribution in [0.15, 0.2) is 15.4 Å². The van der Waals surface area contributed by atoms with Crippen LogP contribution in [0.4, 0.5) is 0 Å². The molecule has 1 unspecified atom stereocenters. The predicted octanol–water partition coefficient (Wildman–Crippen LogP) is 0.823. The van der Waals surface area contributed by atoms with E-state index in [4.69, 9.17) is 10.2 Å². The quantitative estimate of drug-likeness (QED) is 0.866. The first-order valence-corrected chi connectivity index (χ1v) is 8.27. The molecule has 1 fully saturated rings. The monoisotopic (exact) mass is 351 g/mol. The van der Waals surface area contributed by atoms with E-state index in [-0.39, 0.29) is 40.8 Å². The van der Waals surface area contributed by atoms with E-state index in [1.54, 1.807) is 4.90 Å². The normalized spacial score (nSPS) is 18.6. The van der Waals surface area contributed by atoms with Gasteiger partial charge < -0.3 is 15.1 Å². The second-order valence-electron chi connectivity index (χ2n) is 5.35. The zero-order valence-electron chi connectivity index (χ0n) is 12.9. The SMILES string of the molecule is Cc1oc(C(=O)N2CCCC2CN)cc1S(=O)(=O)N(C)C.Cl. The minimum Gasteiger partial charge on any atom is -0.455 e. The van der Waals surface area contributed by atoms with Gasteiger partial charge >= 0.3 is 0 Å². The van der Waals surface area contributed by atoms with Crippen LogP contribution in [0.2, 0.25) is 0 Å². The minimum absolute atomic E-state index is 0. The Morgan fingerprint density at radius 1 is 1.50 bits per heavy atom. The van der Waals surface area contributed by atoms with E-state index in [9.17, 15) is 13.2 Å². The fourth-order valence-corrected chi connectivity index (χ4v) is 3.57. The first-order valence-electron chi connectivity index (χ1n) is 6.83. The van der Waals surface area contributed by atoms with Gasteiger partial charge in [-0.2, -0.15) is 0 Å². The summed E-state index contributed by atoms with van der Waals surface area (Å²) < 4.78 is 30.8. The summed E-state index contributed by atoms with van der Waals surface area (Å²) in [4.78, 5) is 14.1. The van der Waals surface area contributed by atoms with E-state index in [1.165, 1.54) is 27.1 Å². The fraction of sp³-hybridized carbons (Fsp3) is 0.615. The van der Waals surface area contributed by atoms with Gasteiger partial charge in [0.15, 0.2) is 5.76 Å². The molecular formula is C13H22ClN3O4S. The predicted molar refractivity (Wildman–Crippen MR) is 84.7 cm³/mol. The molecule has 7 nitrogen and oxygen atoms in total. The van der Waals surface area contributed by atoms with Gasteiger partial charge in [0.1, 0.15) is 10.7 Å². The Morgan fingerprint density at radius 3 is 2.68 bits per heavy atom. The lowest BCUT2D eigenvalue weighted by Gasteiger charge is -2.22. The Kier molecular flexibility index (Phi) is 6.03. The van der Waals surface area contributed by atoms with Gasteiger partial charge in [0.05, 0.1) is 0 Å². The Hall–Kier alpha value is -1.09. The maximum Gasteiger partial charge on any atom is 0.289 e. The van der Waals surface area contributed by atoms with Crippen molar-refractivity contribution in [3.63, 3.8) is 0 Å². The lowest BCUT2D eigenvalue weighted by atomic mass is 10.2. The average Bonchev–Trinajstić information content (AvgIpc) is 3.03. The molecule has 1 aliphatic heterocycles. The average molecular weight is 352 g/mol. The number of furan rings is 1. The van der Waals surface area contributed by atoms with Crippen molar-refractivity contribution in [3.8, 4) is 0 Å². The van der Waals surface area contributed by atoms with Gasteiger partial charge in [-0.25, -0.2) is 12.7 Å². The molecular weight excluding hydrogens is 330 g/mol. The molecule has 0 aliphatic carbocycles. The van der Waals surface area contributed by atoms with E-state index in [0.717, 1.165) is 17.1 Å². The number of sulfonamides is 1. The Morgan fingerprint density at radius 2 is 2.14 bits per heavy atom. The molecule has 0 saturated carbocycles. The van der Waals surface area contributed by atoms with Crippen LogP contribution in [0.25, 0.3) is 0 Å². The molecule has 1 atom stereocenters. The first-order chi connectivity index (χ1) is 9.78. The van der Waals surface area contributed by atoms with E-state index in [1.807, 2.05) is 0 Å². The van der Waals surface area contributed by atoms with E-state index >= 15 is 0 Å². The first kappa shape index (κ1) is 19.0.